The molecule has 0 atom stereocenters. The molecule has 764 valence electrons. The van der Waals surface area contributed by atoms with Crippen molar-refractivity contribution < 1.29 is 94.4 Å². The number of aliphatic hydroxyl groups excluding tert-OH is 2. The third-order valence-electron chi connectivity index (χ3n) is 37.0. The molecule has 4 aromatic rings. The van der Waals surface area contributed by atoms with Crippen molar-refractivity contribution in [3.63, 3.8) is 0 Å². The van der Waals surface area contributed by atoms with Crippen LogP contribution in [0.5, 0.6) is 11.8 Å². The van der Waals surface area contributed by atoms with Crippen molar-refractivity contribution in [2.45, 2.75) is 356 Å². The zero-order valence-electron chi connectivity index (χ0n) is 92.9. The van der Waals surface area contributed by atoms with Crippen molar-refractivity contribution in [3.05, 3.63) is 86.3 Å². The summed E-state index contributed by atoms with van der Waals surface area (Å²) in [5.41, 5.74) is 13.3. The van der Waals surface area contributed by atoms with E-state index in [0.29, 0.717) is 97.1 Å². The number of carbonyl (C=O) groups excluding carboxylic acids is 5. The van der Waals surface area contributed by atoms with Crippen LogP contribution in [0, 0.1) is 151 Å². The zero-order chi connectivity index (χ0) is 108. The van der Waals surface area contributed by atoms with Gasteiger partial charge in [-0.2, -0.15) is 19.7 Å². The largest absolute Gasteiger partial charge is 0.481 e. The SMILES string of the molecule is C1CC1=C1CC1.CC(C)(C)OC(=O)c1ccc(Cl)nc1Cl.CC(C)(C)OC(=O)n1ccc(=O)[nH]1.[2H]C(=[N+]=N)C(=O)OCC.[2H]C1(C(=O)OCC)C2(CC2)C12CC2.[2H]C1(CBr)C2(CC2)C12CC2.[2H]C1(CC#N)C2(CC2)C12CC2.[2H]C1(CC(=O)O)C2(CC2)C12CC2.[2H]C1(CCO)C2(CC2)C12CC2.[2H]C1(CCOc2ccn(C(=O)OC(C)(C)C)n2)C2(CC2)C12CC2.[2H]C1(CCOc2ccn[nH]2)C2(CC2)C12CC2.[2H]C1(CO)C2(CC2)C12CC2. The number of carbonyl (C=O) groups is 6. The number of nitrogens with one attached hydrogen (secondary N) is 3. The molecule has 0 unspecified atom stereocenters. The van der Waals surface area contributed by atoms with E-state index >= 15 is 0 Å². The molecule has 0 aliphatic heterocycles. The van der Waals surface area contributed by atoms with Crippen LogP contribution in [0.2, 0.25) is 10.3 Å². The summed E-state index contributed by atoms with van der Waals surface area (Å²) < 4.78 is 111. The number of ether oxygens (including phenoxy) is 7. The summed E-state index contributed by atoms with van der Waals surface area (Å²) in [6.45, 7) is 21.6. The highest BCUT2D eigenvalue weighted by Crippen LogP contribution is 2.98. The van der Waals surface area contributed by atoms with Crippen molar-refractivity contribution in [2.75, 3.05) is 45.0 Å². The van der Waals surface area contributed by atoms with E-state index in [4.69, 9.17) is 90.1 Å². The van der Waals surface area contributed by atoms with Gasteiger partial charge in [-0.3, -0.25) is 19.5 Å². The number of carboxylic acid groups (broad SMARTS) is 1. The Labute approximate surface area is 855 Å². The van der Waals surface area contributed by atoms with Gasteiger partial charge in [0, 0.05) is 72.9 Å². The van der Waals surface area contributed by atoms with E-state index < -0.39 is 64.9 Å². The van der Waals surface area contributed by atoms with Gasteiger partial charge in [-0.15, -0.1) is 5.10 Å². The second-order valence-electron chi connectivity index (χ2n) is 47.9. The maximum atomic E-state index is 11.9. The number of rotatable bonds is 20. The Morgan fingerprint density at radius 2 is 0.957 bits per heavy atom. The molecule has 0 radical (unpaired) electrons. The predicted octanol–water partition coefficient (Wildman–Crippen LogP) is 22.8. The minimum Gasteiger partial charge on any atom is -0.481 e. The van der Waals surface area contributed by atoms with Crippen LogP contribution >= 0.6 is 39.1 Å². The number of hydrogen-bond acceptors (Lipinski definition) is 21. The number of carboxylic acids is 1. The highest BCUT2D eigenvalue weighted by atomic mass is 79.9. The molecule has 16 spiro atoms. The summed E-state index contributed by atoms with van der Waals surface area (Å²) in [5.74, 6) is -4.00. The molecule has 4 heterocycles. The fourth-order valence-corrected chi connectivity index (χ4v) is 29.5. The van der Waals surface area contributed by atoms with Gasteiger partial charge in [-0.1, -0.05) is 50.3 Å². The first-order valence-corrected chi connectivity index (χ1v) is 54.1. The summed E-state index contributed by atoms with van der Waals surface area (Å²) >= 11 is 14.8. The summed E-state index contributed by atoms with van der Waals surface area (Å²) in [7, 11) is 0. The lowest BCUT2D eigenvalue weighted by molar-refractivity contribution is -0.148. The molecule has 26 aliphatic carbocycles. The number of aliphatic hydroxyl groups is 2. The van der Waals surface area contributed by atoms with Crippen LogP contribution in [0.15, 0.2) is 64.9 Å². The monoisotopic (exact) mass is 2040 g/mol. The fourth-order valence-electron chi connectivity index (χ4n) is 28.0. The van der Waals surface area contributed by atoms with E-state index in [-0.39, 0.29) is 111 Å². The van der Waals surface area contributed by atoms with Crippen LogP contribution in [0.4, 0.5) is 9.59 Å². The van der Waals surface area contributed by atoms with Crippen LogP contribution in [-0.2, 0) is 38.1 Å². The minimum atomic E-state index is -0.854. The first-order valence-electron chi connectivity index (χ1n) is 56.7. The number of esters is 3. The normalized spacial score (nSPS) is 33.2. The molecule has 0 bridgehead atoms. The lowest BCUT2D eigenvalue weighted by Gasteiger charge is -2.19. The number of allylic oxidation sites excluding steroid dienone is 2. The highest BCUT2D eigenvalue weighted by Gasteiger charge is 2.92. The Kier molecular flexibility index (Phi) is 23.2. The van der Waals surface area contributed by atoms with E-state index in [0.717, 1.165) is 91.2 Å². The van der Waals surface area contributed by atoms with Crippen molar-refractivity contribution in [1.82, 2.24) is 34.7 Å². The second-order valence-corrected chi connectivity index (χ2v) is 49.2. The smallest absolute Gasteiger partial charge is 0.435 e. The van der Waals surface area contributed by atoms with Crippen molar-refractivity contribution in [1.29, 1.82) is 10.8 Å². The predicted molar refractivity (Wildman–Crippen MR) is 526 cm³/mol. The Hall–Kier alpha value is -7.41. The van der Waals surface area contributed by atoms with E-state index in [1.54, 1.807) is 78.1 Å². The van der Waals surface area contributed by atoms with Gasteiger partial charge in [0.15, 0.2) is 1.37 Å². The third-order valence-corrected chi connectivity index (χ3v) is 38.0. The maximum absolute atomic E-state index is 11.9. The number of aromatic amines is 2. The molecule has 0 saturated heterocycles. The lowest BCUT2D eigenvalue weighted by Crippen LogP contribution is -2.28. The van der Waals surface area contributed by atoms with Gasteiger partial charge in [-0.05, 0) is 467 Å². The van der Waals surface area contributed by atoms with E-state index in [1.807, 2.05) is 33.8 Å². The zero-order valence-corrected chi connectivity index (χ0v) is 87.0. The molecule has 26 saturated carbocycles. The summed E-state index contributed by atoms with van der Waals surface area (Å²) in [6, 6.07) is 9.89. The molecular formula is C110H152BrCl2N10O17+. The first-order chi connectivity index (χ1) is 70.0. The van der Waals surface area contributed by atoms with E-state index in [1.165, 1.54) is 204 Å². The number of H-pyrrole nitrogens is 2. The molecule has 0 amide bonds. The Morgan fingerprint density at radius 3 is 1.29 bits per heavy atom. The molecule has 4 aromatic heterocycles. The Balaban J connectivity index is 0.000000103. The molecule has 140 heavy (non-hydrogen) atoms. The van der Waals surface area contributed by atoms with E-state index in [2.05, 4.69) is 56.9 Å². The van der Waals surface area contributed by atoms with Gasteiger partial charge < -0.3 is 48.5 Å². The van der Waals surface area contributed by atoms with E-state index in [9.17, 15) is 33.6 Å². The average molecular weight is 2050 g/mol. The average Bonchev–Trinajstić information content (AvgIpc) is 1.40. The van der Waals surface area contributed by atoms with Crippen LogP contribution in [0.25, 0.3) is 0 Å². The van der Waals surface area contributed by atoms with Gasteiger partial charge in [0.25, 0.3) is 5.56 Å². The molecule has 0 aromatic carbocycles. The molecule has 26 fully saturated rings. The number of alkyl halides is 1. The number of fused-ring (bicyclic) bond motifs is 8. The van der Waals surface area contributed by atoms with Crippen molar-refractivity contribution in [2.24, 2.45) is 134 Å². The molecule has 30 heteroatoms. The lowest BCUT2D eigenvalue weighted by atomic mass is 10.2. The number of hydrogen-bond donors (Lipinski definition) is 6. The van der Waals surface area contributed by atoms with Crippen LogP contribution in [-0.4, -0.2) is 159 Å². The topological polar surface area (TPSA) is 387 Å². The molecule has 26 aliphatic rings. The third kappa shape index (κ3) is 19.1. The van der Waals surface area contributed by atoms with Crippen LogP contribution in [0.1, 0.15) is 362 Å². The molecule has 6 N–H and O–H groups in total. The number of pyridine rings is 1. The van der Waals surface area contributed by atoms with Crippen molar-refractivity contribution >= 4 is 81.4 Å². The van der Waals surface area contributed by atoms with Crippen LogP contribution in [0.3, 0.4) is 0 Å². The number of aliphatic carboxylic acids is 1. The number of nitrogens with zero attached hydrogens (tertiary/aromatic N) is 7. The summed E-state index contributed by atoms with van der Waals surface area (Å²) in [6.07, 6.45) is 50.6. The number of nitriles is 1. The Bertz CT molecular complexity index is 5900. The maximum Gasteiger partial charge on any atom is 0.435 e. The molecule has 30 rings (SSSR count). The number of aromatic nitrogens is 7. The van der Waals surface area contributed by atoms with Gasteiger partial charge in [-0.25, -0.2) is 29.3 Å². The standard InChI is InChI=1S/C17H24N2O3.C12H16N2O.C10H11Cl2NO2.C10H14O2.C9H11N.C9H12O2.C9H14O.C8H11Br.C8H12N2O3.C8H12O.C6H8.C4H7N2O2/c1-15(2,3)22-14(20)19-10-4-13(18-19)21-11-5-12-16(6-7-16)17(12)8-9-17;1-7-13-14-10(1)15-8-2-9-11(3-4-11)12(9)5-6-12;1-10(2,3)15-9(14)6-4-5-7(11)13-8(6)12;1-2-12-8(11)7-9(3-4-9)10(7)5-6-10;10-6-1-7-8(2-3-8)9(7)4-5-9;10-7(11)5-6-8(1-2-8)9(6)3-4-9;10-6-1-7-8(2-3-8)9(7)4-5-9;9-5-6-7(1-2-7)8(6)3-4-8;1-8(2,3)13-7(12)10-5-4-6(11)9-10;9-5-6-7(1-2-7)8(6)3-4-8;1-2-5(1)6-3-4-6;1-2-8-4(7)3-6-5/h4,10,12H,5-9,11H2,1-3H3;1,7,9H,2-6,8H2,(H,13,14);4-5H,1-3H3;7H,2-6H2,1H3;7H,1-5H2;6H,1-5H2,(H,10,11);7,10H,1-6H2;6H,1-5H2;4-5H,1-3H3,(H,9,11);6,9H,1-5H2;1-4H2;3,5H,2H2,1H3/q;;;;;;;;;;;+1/i12D;9D;;2*7D;6D;7D;6D;;6D;;3D. The molecule has 27 nitrogen and oxygen atoms in total. The van der Waals surface area contributed by atoms with Crippen LogP contribution < -0.4 is 15.0 Å². The first kappa shape index (κ1) is 90.1. The number of halogens is 3. The van der Waals surface area contributed by atoms with Crippen molar-refractivity contribution in [3.8, 4) is 17.8 Å². The quantitative estimate of drug-likeness (QED) is 0.00699. The van der Waals surface area contributed by atoms with Gasteiger partial charge in [0.1, 0.15) is 27.1 Å². The summed E-state index contributed by atoms with van der Waals surface area (Å²) in [4.78, 5) is 84.2. The second kappa shape index (κ2) is 36.0. The molecular weight excluding hydrogens is 1880 g/mol. The van der Waals surface area contributed by atoms with Gasteiger partial charge in [0.2, 0.25) is 11.8 Å². The summed E-state index contributed by atoms with van der Waals surface area (Å²) in [5, 5.41) is 49.4. The van der Waals surface area contributed by atoms with Gasteiger partial charge in [0.05, 0.1) is 60.5 Å². The Morgan fingerprint density at radius 1 is 0.550 bits per heavy atom. The van der Waals surface area contributed by atoms with Gasteiger partial charge >= 0.3 is 42.3 Å². The highest BCUT2D eigenvalue weighted by molar-refractivity contribution is 9.09. The fraction of sp³-hybridized carbons (Fsp3) is 0.782. The minimum absolute atomic E-state index is 0.0278.